The number of amides is 1. The molecule has 1 fully saturated rings. The van der Waals surface area contributed by atoms with E-state index in [4.69, 9.17) is 22.4 Å². The molecule has 0 saturated heterocycles. The van der Waals surface area contributed by atoms with Crippen LogP contribution in [0.3, 0.4) is 0 Å². The third kappa shape index (κ3) is 2.59. The number of nitrogens with two attached hydrogens (primary N) is 1. The zero-order chi connectivity index (χ0) is 18.5. The summed E-state index contributed by atoms with van der Waals surface area (Å²) in [6, 6.07) is 12.4. The van der Waals surface area contributed by atoms with E-state index in [2.05, 4.69) is 0 Å². The van der Waals surface area contributed by atoms with Crippen molar-refractivity contribution < 1.29 is 14.7 Å². The fourth-order valence-electron chi connectivity index (χ4n) is 3.67. The Morgan fingerprint density at radius 1 is 1.23 bits per heavy atom. The minimum atomic E-state index is -0.995. The molecule has 4 rings (SSSR count). The maximum Gasteiger partial charge on any atom is 0.320 e. The molecule has 5 nitrogen and oxygen atoms in total. The van der Waals surface area contributed by atoms with Gasteiger partial charge in [-0.05, 0) is 55.0 Å². The smallest absolute Gasteiger partial charge is 0.320 e. The fraction of sp³-hybridized carbons (Fsp3) is 0.300. The summed E-state index contributed by atoms with van der Waals surface area (Å²) in [5, 5.41) is 9.45. The monoisotopic (exact) mass is 370 g/mol. The Hall–Kier alpha value is -2.37. The molecule has 0 radical (unpaired) electrons. The third-order valence-corrected chi connectivity index (χ3v) is 5.65. The molecule has 2 aromatic carbocycles. The van der Waals surface area contributed by atoms with Gasteiger partial charge in [-0.15, -0.1) is 0 Å². The van der Waals surface area contributed by atoms with Crippen molar-refractivity contribution in [3.05, 3.63) is 58.6 Å². The Balaban J connectivity index is 1.61. The molecule has 1 aliphatic carbocycles. The highest BCUT2D eigenvalue weighted by molar-refractivity contribution is 6.35. The summed E-state index contributed by atoms with van der Waals surface area (Å²) in [5.74, 6) is -0.911. The zero-order valence-corrected chi connectivity index (χ0v) is 14.9. The van der Waals surface area contributed by atoms with Crippen LogP contribution in [0.2, 0.25) is 5.02 Å². The van der Waals surface area contributed by atoms with Crippen molar-refractivity contribution >= 4 is 34.9 Å². The number of carboxylic acids is 1. The van der Waals surface area contributed by atoms with Gasteiger partial charge in [0.25, 0.3) is 0 Å². The molecule has 1 amide bonds. The Morgan fingerprint density at radius 3 is 2.54 bits per heavy atom. The van der Waals surface area contributed by atoms with Gasteiger partial charge in [-0.1, -0.05) is 35.9 Å². The maximum absolute atomic E-state index is 13.1. The molecule has 1 saturated carbocycles. The molecule has 0 aromatic heterocycles. The second kappa shape index (κ2) is 6.11. The van der Waals surface area contributed by atoms with Crippen LogP contribution in [0.15, 0.2) is 42.5 Å². The molecule has 2 aromatic rings. The molecular formula is C20H19ClN2O3. The van der Waals surface area contributed by atoms with Crippen LogP contribution in [0.1, 0.15) is 30.4 Å². The van der Waals surface area contributed by atoms with Crippen LogP contribution in [0.25, 0.3) is 0 Å². The van der Waals surface area contributed by atoms with Gasteiger partial charge < -0.3 is 10.8 Å². The van der Waals surface area contributed by atoms with E-state index in [-0.39, 0.29) is 5.91 Å². The lowest BCUT2D eigenvalue weighted by Crippen LogP contribution is -2.30. The van der Waals surface area contributed by atoms with E-state index >= 15 is 0 Å². The number of halogens is 1. The van der Waals surface area contributed by atoms with Gasteiger partial charge in [0.1, 0.15) is 6.04 Å². The Labute approximate surface area is 156 Å². The van der Waals surface area contributed by atoms with Gasteiger partial charge in [0.2, 0.25) is 5.91 Å². The van der Waals surface area contributed by atoms with Crippen LogP contribution < -0.4 is 10.6 Å². The number of carbonyl (C=O) groups excluding carboxylic acids is 1. The SMILES string of the molecule is N[C@@H](CCc1ccc(N2C(=O)C3(CC3)c3cccc(Cl)c32)cc1)C(=O)O. The van der Waals surface area contributed by atoms with Gasteiger partial charge in [0.05, 0.1) is 16.1 Å². The molecule has 26 heavy (non-hydrogen) atoms. The van der Waals surface area contributed by atoms with Crippen molar-refractivity contribution in [2.45, 2.75) is 37.1 Å². The first-order chi connectivity index (χ1) is 12.4. The highest BCUT2D eigenvalue weighted by Gasteiger charge is 2.59. The highest BCUT2D eigenvalue weighted by atomic mass is 35.5. The minimum absolute atomic E-state index is 0.0845. The average Bonchev–Trinajstić information content (AvgIpc) is 3.39. The molecule has 1 spiro atoms. The largest absolute Gasteiger partial charge is 0.480 e. The number of fused-ring (bicyclic) bond motifs is 2. The van der Waals surface area contributed by atoms with Crippen LogP contribution in [-0.2, 0) is 21.4 Å². The quantitative estimate of drug-likeness (QED) is 0.844. The normalized spacial score (nSPS) is 18.1. The van der Waals surface area contributed by atoms with Gasteiger partial charge in [-0.2, -0.15) is 0 Å². The summed E-state index contributed by atoms with van der Waals surface area (Å²) >= 11 is 6.42. The van der Waals surface area contributed by atoms with E-state index in [0.717, 1.165) is 35.3 Å². The van der Waals surface area contributed by atoms with E-state index in [1.807, 2.05) is 42.5 Å². The molecule has 2 aliphatic rings. The number of anilines is 2. The minimum Gasteiger partial charge on any atom is -0.480 e. The predicted molar refractivity (Wildman–Crippen MR) is 99.9 cm³/mol. The second-order valence-electron chi connectivity index (χ2n) is 7.01. The summed E-state index contributed by atoms with van der Waals surface area (Å²) in [6.45, 7) is 0. The number of aliphatic carboxylic acids is 1. The lowest BCUT2D eigenvalue weighted by Gasteiger charge is -2.19. The molecule has 0 bridgehead atoms. The van der Waals surface area contributed by atoms with Crippen molar-refractivity contribution in [2.24, 2.45) is 5.73 Å². The molecule has 1 atom stereocenters. The van der Waals surface area contributed by atoms with Crippen molar-refractivity contribution in [2.75, 3.05) is 4.90 Å². The summed E-state index contributed by atoms with van der Waals surface area (Å²) in [4.78, 5) is 25.6. The molecule has 134 valence electrons. The number of rotatable bonds is 5. The number of hydrogen-bond acceptors (Lipinski definition) is 3. The van der Waals surface area contributed by atoms with E-state index in [9.17, 15) is 9.59 Å². The van der Waals surface area contributed by atoms with E-state index < -0.39 is 17.4 Å². The summed E-state index contributed by atoms with van der Waals surface area (Å²) in [7, 11) is 0. The lowest BCUT2D eigenvalue weighted by atomic mass is 9.98. The number of carbonyl (C=O) groups is 2. The van der Waals surface area contributed by atoms with Crippen LogP contribution in [0, 0.1) is 0 Å². The first kappa shape index (κ1) is 17.1. The lowest BCUT2D eigenvalue weighted by molar-refractivity contribution is -0.138. The predicted octanol–water partition coefficient (Wildman–Crippen LogP) is 3.39. The van der Waals surface area contributed by atoms with Gasteiger partial charge in [0.15, 0.2) is 0 Å². The Kier molecular flexibility index (Phi) is 4.01. The topological polar surface area (TPSA) is 83.6 Å². The number of benzene rings is 2. The van der Waals surface area contributed by atoms with Crippen LogP contribution in [-0.4, -0.2) is 23.0 Å². The van der Waals surface area contributed by atoms with Crippen molar-refractivity contribution in [3.8, 4) is 0 Å². The van der Waals surface area contributed by atoms with Gasteiger partial charge in [-0.3, -0.25) is 14.5 Å². The molecule has 1 aliphatic heterocycles. The highest BCUT2D eigenvalue weighted by Crippen LogP contribution is 2.60. The van der Waals surface area contributed by atoms with Gasteiger partial charge >= 0.3 is 5.97 Å². The van der Waals surface area contributed by atoms with Crippen molar-refractivity contribution in [1.82, 2.24) is 0 Å². The Morgan fingerprint density at radius 2 is 1.92 bits per heavy atom. The maximum atomic E-state index is 13.1. The number of carboxylic acid groups (broad SMARTS) is 1. The van der Waals surface area contributed by atoms with E-state index in [1.54, 1.807) is 4.90 Å². The first-order valence-corrected chi connectivity index (χ1v) is 9.03. The Bertz CT molecular complexity index is 890. The van der Waals surface area contributed by atoms with Crippen LogP contribution in [0.4, 0.5) is 11.4 Å². The standard InChI is InChI=1S/C20H19ClN2O3/c21-15-3-1-2-14-17(15)23(19(26)20(14)10-11-20)13-7-4-12(5-8-13)6-9-16(22)18(24)25/h1-5,7-8,16H,6,9-11,22H2,(H,24,25)/t16-/m0/s1. The third-order valence-electron chi connectivity index (χ3n) is 5.34. The van der Waals surface area contributed by atoms with Gasteiger partial charge in [0, 0.05) is 5.69 Å². The fourth-order valence-corrected chi connectivity index (χ4v) is 3.93. The number of para-hydroxylation sites is 1. The van der Waals surface area contributed by atoms with Crippen LogP contribution >= 0.6 is 11.6 Å². The van der Waals surface area contributed by atoms with E-state index in [1.165, 1.54) is 0 Å². The van der Waals surface area contributed by atoms with E-state index in [0.29, 0.717) is 17.9 Å². The molecule has 1 heterocycles. The van der Waals surface area contributed by atoms with Crippen molar-refractivity contribution in [3.63, 3.8) is 0 Å². The summed E-state index contributed by atoms with van der Waals surface area (Å²) < 4.78 is 0. The summed E-state index contributed by atoms with van der Waals surface area (Å²) in [5.41, 5.74) is 8.73. The number of aryl methyl sites for hydroxylation is 1. The van der Waals surface area contributed by atoms with Gasteiger partial charge in [-0.25, -0.2) is 0 Å². The zero-order valence-electron chi connectivity index (χ0n) is 14.1. The summed E-state index contributed by atoms with van der Waals surface area (Å²) in [6.07, 6.45) is 2.67. The van der Waals surface area contributed by atoms with Crippen molar-refractivity contribution in [1.29, 1.82) is 0 Å². The molecule has 0 unspecified atom stereocenters. The molecule has 6 heteroatoms. The molecular weight excluding hydrogens is 352 g/mol. The van der Waals surface area contributed by atoms with Crippen LogP contribution in [0.5, 0.6) is 0 Å². The first-order valence-electron chi connectivity index (χ1n) is 8.65. The second-order valence-corrected chi connectivity index (χ2v) is 7.42. The molecule has 3 N–H and O–H groups in total. The number of nitrogens with zero attached hydrogens (tertiary/aromatic N) is 1. The average molecular weight is 371 g/mol. The number of hydrogen-bond donors (Lipinski definition) is 2.